The second-order valence-corrected chi connectivity index (χ2v) is 8.92. The van der Waals surface area contributed by atoms with E-state index in [1.807, 2.05) is 25.7 Å². The molecule has 2 fully saturated rings. The molecule has 0 bridgehead atoms. The average molecular weight is 357 g/mol. The largest absolute Gasteiger partial charge is 0.342 e. The SMILES string of the molecule is Cc1ccc(C2CCCN2C(=O)C2CCN(C(=O)C(C)(C)C)CC2)cc1. The van der Waals surface area contributed by atoms with Crippen molar-refractivity contribution in [3.05, 3.63) is 35.4 Å². The fourth-order valence-electron chi connectivity index (χ4n) is 4.20. The molecule has 0 spiro atoms. The van der Waals surface area contributed by atoms with Gasteiger partial charge < -0.3 is 9.80 Å². The van der Waals surface area contributed by atoms with E-state index in [2.05, 4.69) is 36.1 Å². The lowest BCUT2D eigenvalue weighted by molar-refractivity contribution is -0.145. The van der Waals surface area contributed by atoms with Crippen LogP contribution in [0.3, 0.4) is 0 Å². The maximum Gasteiger partial charge on any atom is 0.227 e. The summed E-state index contributed by atoms with van der Waals surface area (Å²) in [5.74, 6) is 0.545. The van der Waals surface area contributed by atoms with Gasteiger partial charge in [-0.25, -0.2) is 0 Å². The van der Waals surface area contributed by atoms with Gasteiger partial charge in [0.15, 0.2) is 0 Å². The molecule has 4 heteroatoms. The number of benzene rings is 1. The summed E-state index contributed by atoms with van der Waals surface area (Å²) in [4.78, 5) is 29.6. The third-order valence-corrected chi connectivity index (χ3v) is 5.77. The molecule has 0 N–H and O–H groups in total. The average Bonchev–Trinajstić information content (AvgIpc) is 3.10. The smallest absolute Gasteiger partial charge is 0.227 e. The van der Waals surface area contributed by atoms with Gasteiger partial charge in [-0.3, -0.25) is 9.59 Å². The number of aryl methyl sites for hydroxylation is 1. The highest BCUT2D eigenvalue weighted by atomic mass is 16.2. The molecule has 1 aromatic rings. The lowest BCUT2D eigenvalue weighted by atomic mass is 9.90. The Morgan fingerprint density at radius 3 is 2.15 bits per heavy atom. The summed E-state index contributed by atoms with van der Waals surface area (Å²) in [5, 5.41) is 0. The molecule has 1 unspecified atom stereocenters. The van der Waals surface area contributed by atoms with Gasteiger partial charge in [-0.2, -0.15) is 0 Å². The molecule has 2 aliphatic rings. The monoisotopic (exact) mass is 356 g/mol. The van der Waals surface area contributed by atoms with Crippen LogP contribution < -0.4 is 0 Å². The van der Waals surface area contributed by atoms with Crippen molar-refractivity contribution in [1.29, 1.82) is 0 Å². The molecule has 4 nitrogen and oxygen atoms in total. The Morgan fingerprint density at radius 2 is 1.58 bits per heavy atom. The Balaban J connectivity index is 1.63. The zero-order valence-electron chi connectivity index (χ0n) is 16.6. The topological polar surface area (TPSA) is 40.6 Å². The van der Waals surface area contributed by atoms with Crippen molar-refractivity contribution in [2.45, 2.75) is 59.4 Å². The molecule has 26 heavy (non-hydrogen) atoms. The molecular weight excluding hydrogens is 324 g/mol. The zero-order chi connectivity index (χ0) is 18.9. The molecule has 0 aromatic heterocycles. The first-order valence-electron chi connectivity index (χ1n) is 9.94. The van der Waals surface area contributed by atoms with E-state index in [0.717, 1.165) is 32.2 Å². The number of piperidine rings is 1. The number of amides is 2. The molecule has 2 heterocycles. The number of likely N-dealkylation sites (tertiary alicyclic amines) is 2. The fraction of sp³-hybridized carbons (Fsp3) is 0.636. The molecule has 142 valence electrons. The van der Waals surface area contributed by atoms with Crippen molar-refractivity contribution in [1.82, 2.24) is 9.80 Å². The minimum atomic E-state index is -0.345. The van der Waals surface area contributed by atoms with Gasteiger partial charge in [0.25, 0.3) is 0 Å². The molecule has 1 atom stereocenters. The highest BCUT2D eigenvalue weighted by molar-refractivity contribution is 5.83. The van der Waals surface area contributed by atoms with Crippen LogP contribution in [-0.4, -0.2) is 41.2 Å². The predicted octanol–water partition coefficient (Wildman–Crippen LogP) is 3.94. The lowest BCUT2D eigenvalue weighted by Crippen LogP contribution is -2.47. The molecule has 2 aliphatic heterocycles. The number of hydrogen-bond donors (Lipinski definition) is 0. The summed E-state index contributed by atoms with van der Waals surface area (Å²) in [6.45, 7) is 10.2. The zero-order valence-corrected chi connectivity index (χ0v) is 16.6. The summed E-state index contributed by atoms with van der Waals surface area (Å²) in [7, 11) is 0. The Kier molecular flexibility index (Phi) is 5.40. The van der Waals surface area contributed by atoms with Crippen LogP contribution in [0.5, 0.6) is 0 Å². The standard InChI is InChI=1S/C22H32N2O2/c1-16-7-9-17(10-8-16)19-6-5-13-24(19)20(25)18-11-14-23(15-12-18)21(26)22(2,3)4/h7-10,18-19H,5-6,11-15H2,1-4H3. The van der Waals surface area contributed by atoms with Crippen LogP contribution in [0.2, 0.25) is 0 Å². The quantitative estimate of drug-likeness (QED) is 0.805. The minimum absolute atomic E-state index is 0.0602. The summed E-state index contributed by atoms with van der Waals surface area (Å²) in [6.07, 6.45) is 3.71. The van der Waals surface area contributed by atoms with Gasteiger partial charge in [0.1, 0.15) is 0 Å². The van der Waals surface area contributed by atoms with Crippen molar-refractivity contribution in [3.8, 4) is 0 Å². The number of carbonyl (C=O) groups is 2. The van der Waals surface area contributed by atoms with Crippen LogP contribution >= 0.6 is 0 Å². The molecule has 2 amide bonds. The third-order valence-electron chi connectivity index (χ3n) is 5.77. The third kappa shape index (κ3) is 3.94. The molecular formula is C22H32N2O2. The van der Waals surface area contributed by atoms with E-state index in [4.69, 9.17) is 0 Å². The summed E-state index contributed by atoms with van der Waals surface area (Å²) >= 11 is 0. The van der Waals surface area contributed by atoms with Crippen LogP contribution in [0, 0.1) is 18.3 Å². The van der Waals surface area contributed by atoms with Crippen molar-refractivity contribution in [2.24, 2.45) is 11.3 Å². The summed E-state index contributed by atoms with van der Waals surface area (Å²) in [5.41, 5.74) is 2.16. The van der Waals surface area contributed by atoms with Crippen LogP contribution in [0.15, 0.2) is 24.3 Å². The van der Waals surface area contributed by atoms with E-state index in [-0.39, 0.29) is 29.2 Å². The van der Waals surface area contributed by atoms with Gasteiger partial charge in [-0.05, 0) is 38.2 Å². The highest BCUT2D eigenvalue weighted by Crippen LogP contribution is 2.35. The lowest BCUT2D eigenvalue weighted by Gasteiger charge is -2.37. The van der Waals surface area contributed by atoms with Crippen molar-refractivity contribution in [2.75, 3.05) is 19.6 Å². The van der Waals surface area contributed by atoms with Gasteiger partial charge in [-0.15, -0.1) is 0 Å². The Morgan fingerprint density at radius 1 is 0.962 bits per heavy atom. The first-order valence-corrected chi connectivity index (χ1v) is 9.94. The second kappa shape index (κ2) is 7.42. The van der Waals surface area contributed by atoms with Gasteiger partial charge in [0, 0.05) is 31.0 Å². The molecule has 3 rings (SSSR count). The number of carbonyl (C=O) groups excluding carboxylic acids is 2. The summed E-state index contributed by atoms with van der Waals surface area (Å²) in [6, 6.07) is 8.81. The maximum absolute atomic E-state index is 13.1. The normalized spacial score (nSPS) is 21.9. The van der Waals surface area contributed by atoms with Crippen LogP contribution in [0.4, 0.5) is 0 Å². The van der Waals surface area contributed by atoms with E-state index < -0.39 is 0 Å². The number of nitrogens with zero attached hydrogens (tertiary/aromatic N) is 2. The Bertz CT molecular complexity index is 652. The summed E-state index contributed by atoms with van der Waals surface area (Å²) < 4.78 is 0. The number of hydrogen-bond acceptors (Lipinski definition) is 2. The Hall–Kier alpha value is -1.84. The molecule has 1 aromatic carbocycles. The molecule has 0 radical (unpaired) electrons. The molecule has 2 saturated heterocycles. The Labute approximate surface area is 157 Å². The van der Waals surface area contributed by atoms with Gasteiger partial charge in [0.05, 0.1) is 6.04 Å². The van der Waals surface area contributed by atoms with Gasteiger partial charge >= 0.3 is 0 Å². The maximum atomic E-state index is 13.1. The van der Waals surface area contributed by atoms with E-state index in [0.29, 0.717) is 13.1 Å². The minimum Gasteiger partial charge on any atom is -0.342 e. The van der Waals surface area contributed by atoms with Gasteiger partial charge in [0.2, 0.25) is 11.8 Å². The van der Waals surface area contributed by atoms with E-state index >= 15 is 0 Å². The predicted molar refractivity (Wildman–Crippen MR) is 104 cm³/mol. The van der Waals surface area contributed by atoms with E-state index in [1.54, 1.807) is 0 Å². The second-order valence-electron chi connectivity index (χ2n) is 8.92. The van der Waals surface area contributed by atoms with Gasteiger partial charge in [-0.1, -0.05) is 50.6 Å². The van der Waals surface area contributed by atoms with Crippen molar-refractivity contribution in [3.63, 3.8) is 0 Å². The number of rotatable bonds is 2. The first kappa shape index (κ1) is 18.9. The van der Waals surface area contributed by atoms with Crippen molar-refractivity contribution >= 4 is 11.8 Å². The molecule has 0 aliphatic carbocycles. The van der Waals surface area contributed by atoms with Crippen LogP contribution in [0.1, 0.15) is 63.6 Å². The van der Waals surface area contributed by atoms with Crippen LogP contribution in [-0.2, 0) is 9.59 Å². The highest BCUT2D eigenvalue weighted by Gasteiger charge is 2.37. The first-order chi connectivity index (χ1) is 12.3. The van der Waals surface area contributed by atoms with Crippen LogP contribution in [0.25, 0.3) is 0 Å². The van der Waals surface area contributed by atoms with Crippen molar-refractivity contribution < 1.29 is 9.59 Å². The fourth-order valence-corrected chi connectivity index (χ4v) is 4.20. The van der Waals surface area contributed by atoms with E-state index in [9.17, 15) is 9.59 Å². The molecule has 0 saturated carbocycles. The van der Waals surface area contributed by atoms with E-state index in [1.165, 1.54) is 11.1 Å².